The molecule has 0 aliphatic heterocycles. The van der Waals surface area contributed by atoms with Crippen LogP contribution in [0.2, 0.25) is 0 Å². The van der Waals surface area contributed by atoms with Crippen LogP contribution < -0.4 is 20.7 Å². The minimum Gasteiger partial charge on any atom is -0.494 e. The van der Waals surface area contributed by atoms with Crippen LogP contribution in [0.25, 0.3) is 16.9 Å². The van der Waals surface area contributed by atoms with Gasteiger partial charge in [-0.25, -0.2) is 14.4 Å². The highest BCUT2D eigenvalue weighted by Gasteiger charge is 2.19. The molecule has 1 amide bonds. The summed E-state index contributed by atoms with van der Waals surface area (Å²) in [5, 5.41) is 16.5. The lowest BCUT2D eigenvalue weighted by Crippen LogP contribution is -2.41. The number of aryl methyl sites for hydroxylation is 1. The van der Waals surface area contributed by atoms with Gasteiger partial charge in [-0.1, -0.05) is 6.92 Å². The van der Waals surface area contributed by atoms with E-state index in [1.165, 1.54) is 31.6 Å². The van der Waals surface area contributed by atoms with Gasteiger partial charge in [0.2, 0.25) is 5.82 Å². The van der Waals surface area contributed by atoms with Gasteiger partial charge in [0, 0.05) is 41.8 Å². The Bertz CT molecular complexity index is 1500. The lowest BCUT2D eigenvalue weighted by atomic mass is 10.0. The second kappa shape index (κ2) is 11.2. The van der Waals surface area contributed by atoms with E-state index in [-0.39, 0.29) is 23.3 Å². The number of halogens is 2. The van der Waals surface area contributed by atoms with E-state index in [0.717, 1.165) is 5.56 Å². The Morgan fingerprint density at radius 3 is 2.68 bits per heavy atom. The quantitative estimate of drug-likeness (QED) is 0.188. The number of hydrogen-bond acceptors (Lipinski definition) is 6. The number of amides is 1. The predicted octanol–water partition coefficient (Wildman–Crippen LogP) is 4.69. The van der Waals surface area contributed by atoms with Crippen LogP contribution in [0.4, 0.5) is 20.3 Å². The summed E-state index contributed by atoms with van der Waals surface area (Å²) in [7, 11) is 1.28. The lowest BCUT2D eigenvalue weighted by Gasteiger charge is -2.17. The Morgan fingerprint density at radius 2 is 1.97 bits per heavy atom. The van der Waals surface area contributed by atoms with Crippen LogP contribution in [0.5, 0.6) is 5.75 Å². The van der Waals surface area contributed by atoms with Crippen LogP contribution in [0.15, 0.2) is 48.9 Å². The standard InChI is InChI=1S/C27H29F2N7O2/c1-5-17-12-18(6-7-19(17)27(37)34-15(2)13-32-16(3)30)35-25-26-33-14-21(36(26)11-10-31-25)20-8-9-22(38-4)24(29)23(20)28/h6-12,14-15H,5,13H2,1-4H3,(H2,30,32)(H,31,35)(H,34,37). The molecule has 0 spiro atoms. The molecule has 38 heavy (non-hydrogen) atoms. The molecule has 0 fully saturated rings. The van der Waals surface area contributed by atoms with Gasteiger partial charge >= 0.3 is 0 Å². The van der Waals surface area contributed by atoms with Crippen LogP contribution in [-0.2, 0) is 6.42 Å². The number of methoxy groups -OCH3 is 1. The van der Waals surface area contributed by atoms with Crippen LogP contribution in [0.3, 0.4) is 0 Å². The van der Waals surface area contributed by atoms with Crippen LogP contribution >= 0.6 is 0 Å². The fourth-order valence-electron chi connectivity index (χ4n) is 4.07. The molecule has 0 saturated carbocycles. The van der Waals surface area contributed by atoms with Crippen molar-refractivity contribution >= 4 is 28.9 Å². The fourth-order valence-corrected chi connectivity index (χ4v) is 4.07. The summed E-state index contributed by atoms with van der Waals surface area (Å²) < 4.78 is 35.6. The van der Waals surface area contributed by atoms with Crippen molar-refractivity contribution in [3.8, 4) is 17.0 Å². The third-order valence-corrected chi connectivity index (χ3v) is 6.02. The molecule has 0 saturated heterocycles. The maximum Gasteiger partial charge on any atom is 0.251 e. The van der Waals surface area contributed by atoms with Crippen molar-refractivity contribution in [2.75, 3.05) is 19.0 Å². The first kappa shape index (κ1) is 26.5. The molecule has 1 unspecified atom stereocenters. The third kappa shape index (κ3) is 5.41. The van der Waals surface area contributed by atoms with E-state index >= 15 is 0 Å². The van der Waals surface area contributed by atoms with E-state index in [9.17, 15) is 13.6 Å². The maximum atomic E-state index is 14.8. The fraction of sp³-hybridized carbons (Fsp3) is 0.259. The minimum atomic E-state index is -1.07. The number of benzene rings is 2. The molecule has 0 bridgehead atoms. The average molecular weight is 522 g/mol. The Labute approximate surface area is 218 Å². The van der Waals surface area contributed by atoms with Crippen LogP contribution in [-0.4, -0.2) is 45.8 Å². The topological polar surface area (TPSA) is 116 Å². The molecule has 2 aromatic carbocycles. The number of ether oxygens (including phenoxy) is 1. The second-order valence-electron chi connectivity index (χ2n) is 8.79. The molecule has 1 atom stereocenters. The number of anilines is 2. The number of nitrogens with one attached hydrogen (secondary N) is 4. The molecule has 4 aromatic rings. The summed E-state index contributed by atoms with van der Waals surface area (Å²) >= 11 is 0. The SMILES string of the molecule is CCc1cc(Nc2nccn3c(-c4ccc(OC)c(F)c4F)cnc23)ccc1C(=O)NC(C)CNC(C)=N. The molecular formula is C27H29F2N7O2. The summed E-state index contributed by atoms with van der Waals surface area (Å²) in [6, 6.07) is 8.02. The summed E-state index contributed by atoms with van der Waals surface area (Å²) in [4.78, 5) is 21.6. The molecule has 2 aromatic heterocycles. The largest absolute Gasteiger partial charge is 0.494 e. The minimum absolute atomic E-state index is 0.0387. The highest BCUT2D eigenvalue weighted by Crippen LogP contribution is 2.31. The van der Waals surface area contributed by atoms with Gasteiger partial charge in [0.25, 0.3) is 5.91 Å². The molecule has 4 rings (SSSR count). The Balaban J connectivity index is 1.59. The van der Waals surface area contributed by atoms with Crippen molar-refractivity contribution in [1.29, 1.82) is 5.41 Å². The number of amidine groups is 1. The summed E-state index contributed by atoms with van der Waals surface area (Å²) in [5.74, 6) is -1.73. The van der Waals surface area contributed by atoms with Gasteiger partial charge in [-0.3, -0.25) is 14.6 Å². The van der Waals surface area contributed by atoms with Crippen molar-refractivity contribution < 1.29 is 18.3 Å². The summed E-state index contributed by atoms with van der Waals surface area (Å²) in [5.41, 5.74) is 2.90. The molecule has 9 nitrogen and oxygen atoms in total. The average Bonchev–Trinajstić information content (AvgIpc) is 3.33. The number of imidazole rings is 1. The first-order valence-electron chi connectivity index (χ1n) is 12.1. The maximum absolute atomic E-state index is 14.8. The first-order chi connectivity index (χ1) is 18.2. The smallest absolute Gasteiger partial charge is 0.251 e. The zero-order chi connectivity index (χ0) is 27.4. The van der Waals surface area contributed by atoms with Gasteiger partial charge in [0.1, 0.15) is 0 Å². The number of carbonyl (C=O) groups excluding carboxylic acids is 1. The number of rotatable bonds is 9. The Morgan fingerprint density at radius 1 is 1.18 bits per heavy atom. The second-order valence-corrected chi connectivity index (χ2v) is 8.79. The monoisotopic (exact) mass is 521 g/mol. The first-order valence-corrected chi connectivity index (χ1v) is 12.1. The summed E-state index contributed by atoms with van der Waals surface area (Å²) in [6.07, 6.45) is 5.23. The molecular weight excluding hydrogens is 492 g/mol. The van der Waals surface area contributed by atoms with E-state index in [4.69, 9.17) is 10.1 Å². The highest BCUT2D eigenvalue weighted by atomic mass is 19.2. The Hall–Kier alpha value is -4.54. The predicted molar refractivity (Wildman–Crippen MR) is 142 cm³/mol. The van der Waals surface area contributed by atoms with Crippen molar-refractivity contribution in [1.82, 2.24) is 25.0 Å². The Kier molecular flexibility index (Phi) is 7.85. The molecule has 0 radical (unpaired) electrons. The zero-order valence-electron chi connectivity index (χ0n) is 21.5. The van der Waals surface area contributed by atoms with E-state index in [2.05, 4.69) is 25.9 Å². The number of carbonyl (C=O) groups is 1. The number of fused-ring (bicyclic) bond motifs is 1. The molecule has 198 valence electrons. The number of nitrogens with zero attached hydrogens (tertiary/aromatic N) is 3. The normalized spacial score (nSPS) is 11.7. The van der Waals surface area contributed by atoms with Gasteiger partial charge in [0.05, 0.1) is 24.8 Å². The summed E-state index contributed by atoms with van der Waals surface area (Å²) in [6.45, 7) is 5.93. The lowest BCUT2D eigenvalue weighted by molar-refractivity contribution is 0.0939. The zero-order valence-corrected chi connectivity index (χ0v) is 21.5. The van der Waals surface area contributed by atoms with E-state index in [0.29, 0.717) is 47.2 Å². The van der Waals surface area contributed by atoms with Gasteiger partial charge in [-0.05, 0) is 56.2 Å². The third-order valence-electron chi connectivity index (χ3n) is 6.02. The van der Waals surface area contributed by atoms with E-state index < -0.39 is 11.6 Å². The van der Waals surface area contributed by atoms with Crippen molar-refractivity contribution in [3.05, 3.63) is 71.7 Å². The van der Waals surface area contributed by atoms with Gasteiger partial charge in [-0.15, -0.1) is 0 Å². The highest BCUT2D eigenvalue weighted by molar-refractivity contribution is 5.96. The van der Waals surface area contributed by atoms with Gasteiger partial charge in [0.15, 0.2) is 23.0 Å². The van der Waals surface area contributed by atoms with Crippen molar-refractivity contribution in [3.63, 3.8) is 0 Å². The van der Waals surface area contributed by atoms with Crippen LogP contribution in [0.1, 0.15) is 36.7 Å². The molecule has 11 heteroatoms. The number of aromatic nitrogens is 3. The van der Waals surface area contributed by atoms with E-state index in [1.807, 2.05) is 19.9 Å². The molecule has 2 heterocycles. The molecule has 4 N–H and O–H groups in total. The molecule has 0 aliphatic rings. The van der Waals surface area contributed by atoms with Gasteiger partial charge < -0.3 is 20.7 Å². The number of hydrogen-bond donors (Lipinski definition) is 4. The molecule has 0 aliphatic carbocycles. The van der Waals surface area contributed by atoms with E-state index in [1.54, 1.807) is 29.7 Å². The van der Waals surface area contributed by atoms with Crippen LogP contribution in [0, 0.1) is 17.0 Å². The van der Waals surface area contributed by atoms with Gasteiger partial charge in [-0.2, -0.15) is 4.39 Å². The van der Waals surface area contributed by atoms with Crippen molar-refractivity contribution in [2.45, 2.75) is 33.2 Å². The van der Waals surface area contributed by atoms with Crippen molar-refractivity contribution in [2.24, 2.45) is 0 Å².